The quantitative estimate of drug-likeness (QED) is 0.272. The molecule has 0 bridgehead atoms. The van der Waals surface area contributed by atoms with Crippen molar-refractivity contribution in [2.45, 2.75) is 32.8 Å². The minimum absolute atomic E-state index is 0.0332. The average Bonchev–Trinajstić information content (AvgIpc) is 2.00. The van der Waals surface area contributed by atoms with E-state index in [0.29, 0.717) is 6.42 Å². The molecule has 1 unspecified atom stereocenters. The first-order valence-electron chi connectivity index (χ1n) is 3.78. The van der Waals surface area contributed by atoms with Gasteiger partial charge in [0.2, 0.25) is 0 Å². The second kappa shape index (κ2) is 5.97. The van der Waals surface area contributed by atoms with Crippen LogP contribution in [0.1, 0.15) is 26.7 Å². The van der Waals surface area contributed by atoms with Gasteiger partial charge in [0.25, 0.3) is 0 Å². The highest BCUT2D eigenvalue weighted by Crippen LogP contribution is 1.97. The van der Waals surface area contributed by atoms with Crippen LogP contribution >= 0.6 is 0 Å². The summed E-state index contributed by atoms with van der Waals surface area (Å²) in [4.78, 5) is 0. The summed E-state index contributed by atoms with van der Waals surface area (Å²) in [5.74, 6) is 0.216. The summed E-state index contributed by atoms with van der Waals surface area (Å²) in [7, 11) is 0. The molecule has 0 fully saturated rings. The van der Waals surface area contributed by atoms with Crippen LogP contribution in [0.3, 0.4) is 0 Å². The molecular weight excluding hydrogens is 144 g/mol. The third-order valence-electron chi connectivity index (χ3n) is 1.23. The van der Waals surface area contributed by atoms with Crippen molar-refractivity contribution in [2.24, 2.45) is 10.9 Å². The van der Waals surface area contributed by atoms with Gasteiger partial charge in [-0.1, -0.05) is 12.1 Å². The SMILES string of the molecule is CCCOC(C)CC(N)=NO. The number of rotatable bonds is 5. The Bertz CT molecular complexity index is 126. The van der Waals surface area contributed by atoms with Gasteiger partial charge in [-0.15, -0.1) is 0 Å². The molecule has 11 heavy (non-hydrogen) atoms. The van der Waals surface area contributed by atoms with Crippen LogP contribution in [0.2, 0.25) is 0 Å². The van der Waals surface area contributed by atoms with Gasteiger partial charge in [0, 0.05) is 13.0 Å². The summed E-state index contributed by atoms with van der Waals surface area (Å²) in [5, 5.41) is 11.1. The van der Waals surface area contributed by atoms with Gasteiger partial charge in [0.05, 0.1) is 6.10 Å². The predicted molar refractivity (Wildman–Crippen MR) is 43.7 cm³/mol. The Hall–Kier alpha value is -0.770. The normalized spacial score (nSPS) is 14.9. The van der Waals surface area contributed by atoms with Crippen LogP contribution in [0.4, 0.5) is 0 Å². The summed E-state index contributed by atoms with van der Waals surface area (Å²) < 4.78 is 5.29. The lowest BCUT2D eigenvalue weighted by Gasteiger charge is -2.10. The number of nitrogens with two attached hydrogens (primary N) is 1. The van der Waals surface area contributed by atoms with E-state index in [4.69, 9.17) is 15.7 Å². The lowest BCUT2D eigenvalue weighted by atomic mass is 10.3. The van der Waals surface area contributed by atoms with E-state index in [2.05, 4.69) is 5.16 Å². The van der Waals surface area contributed by atoms with E-state index in [1.54, 1.807) is 0 Å². The summed E-state index contributed by atoms with van der Waals surface area (Å²) >= 11 is 0. The molecule has 0 aromatic rings. The Kier molecular flexibility index (Phi) is 5.56. The summed E-state index contributed by atoms with van der Waals surface area (Å²) in [5.41, 5.74) is 5.27. The van der Waals surface area contributed by atoms with Crippen LogP contribution < -0.4 is 5.73 Å². The second-order valence-corrected chi connectivity index (χ2v) is 2.48. The molecule has 4 nitrogen and oxygen atoms in total. The third-order valence-corrected chi connectivity index (χ3v) is 1.23. The van der Waals surface area contributed by atoms with Crippen LogP contribution in [0, 0.1) is 0 Å². The maximum atomic E-state index is 8.22. The molecule has 0 spiro atoms. The molecule has 0 heterocycles. The van der Waals surface area contributed by atoms with Gasteiger partial charge < -0.3 is 15.7 Å². The van der Waals surface area contributed by atoms with Crippen LogP contribution in [0.5, 0.6) is 0 Å². The molecule has 66 valence electrons. The zero-order chi connectivity index (χ0) is 8.69. The van der Waals surface area contributed by atoms with Crippen molar-refractivity contribution in [2.75, 3.05) is 6.61 Å². The van der Waals surface area contributed by atoms with Gasteiger partial charge in [-0.2, -0.15) is 0 Å². The van der Waals surface area contributed by atoms with E-state index in [0.717, 1.165) is 13.0 Å². The van der Waals surface area contributed by atoms with Crippen molar-refractivity contribution in [1.82, 2.24) is 0 Å². The van der Waals surface area contributed by atoms with Gasteiger partial charge in [0.15, 0.2) is 0 Å². The van der Waals surface area contributed by atoms with Crippen LogP contribution in [0.15, 0.2) is 5.16 Å². The minimum atomic E-state index is 0.0332. The zero-order valence-electron chi connectivity index (χ0n) is 7.08. The lowest BCUT2D eigenvalue weighted by Crippen LogP contribution is -2.20. The Morgan fingerprint density at radius 3 is 2.82 bits per heavy atom. The van der Waals surface area contributed by atoms with E-state index in [9.17, 15) is 0 Å². The van der Waals surface area contributed by atoms with Crippen molar-refractivity contribution in [3.63, 3.8) is 0 Å². The molecule has 0 aliphatic carbocycles. The Morgan fingerprint density at radius 2 is 2.36 bits per heavy atom. The summed E-state index contributed by atoms with van der Waals surface area (Å²) in [6.07, 6.45) is 1.50. The maximum absolute atomic E-state index is 8.22. The fourth-order valence-electron chi connectivity index (χ4n) is 0.713. The predicted octanol–water partition coefficient (Wildman–Crippen LogP) is 0.938. The molecule has 0 rings (SSSR count). The first-order chi connectivity index (χ1) is 5.20. The third kappa shape index (κ3) is 5.66. The number of hydrogen-bond donors (Lipinski definition) is 2. The molecule has 4 heteroatoms. The standard InChI is InChI=1S/C7H16N2O2/c1-3-4-11-6(2)5-7(8)9-10/h6,10H,3-5H2,1-2H3,(H2,8,9). The second-order valence-electron chi connectivity index (χ2n) is 2.48. The first-order valence-corrected chi connectivity index (χ1v) is 3.78. The Morgan fingerprint density at radius 1 is 1.73 bits per heavy atom. The highest BCUT2D eigenvalue weighted by molar-refractivity contribution is 5.79. The van der Waals surface area contributed by atoms with Crippen molar-refractivity contribution >= 4 is 5.84 Å². The zero-order valence-corrected chi connectivity index (χ0v) is 7.08. The fraction of sp³-hybridized carbons (Fsp3) is 0.857. The van der Waals surface area contributed by atoms with Gasteiger partial charge in [-0.05, 0) is 13.3 Å². The maximum Gasteiger partial charge on any atom is 0.141 e. The van der Waals surface area contributed by atoms with Crippen LogP contribution in [-0.2, 0) is 4.74 Å². The summed E-state index contributed by atoms with van der Waals surface area (Å²) in [6, 6.07) is 0. The van der Waals surface area contributed by atoms with E-state index in [1.807, 2.05) is 13.8 Å². The van der Waals surface area contributed by atoms with E-state index < -0.39 is 0 Å². The van der Waals surface area contributed by atoms with Crippen LogP contribution in [-0.4, -0.2) is 23.8 Å². The van der Waals surface area contributed by atoms with Crippen LogP contribution in [0.25, 0.3) is 0 Å². The first kappa shape index (κ1) is 10.2. The smallest absolute Gasteiger partial charge is 0.141 e. The number of nitrogens with zero attached hydrogens (tertiary/aromatic N) is 1. The number of hydrogen-bond acceptors (Lipinski definition) is 3. The molecule has 0 aromatic carbocycles. The lowest BCUT2D eigenvalue weighted by molar-refractivity contribution is 0.0708. The molecule has 0 amide bonds. The molecular formula is C7H16N2O2. The topological polar surface area (TPSA) is 67.8 Å². The molecule has 0 saturated carbocycles. The van der Waals surface area contributed by atoms with Gasteiger partial charge in [-0.3, -0.25) is 0 Å². The number of amidine groups is 1. The van der Waals surface area contributed by atoms with Crippen molar-refractivity contribution in [3.05, 3.63) is 0 Å². The molecule has 0 aromatic heterocycles. The summed E-state index contributed by atoms with van der Waals surface area (Å²) in [6.45, 7) is 4.66. The molecule has 1 atom stereocenters. The van der Waals surface area contributed by atoms with Crippen molar-refractivity contribution in [3.8, 4) is 0 Å². The highest BCUT2D eigenvalue weighted by Gasteiger charge is 2.03. The number of ether oxygens (including phenoxy) is 1. The minimum Gasteiger partial charge on any atom is -0.409 e. The molecule has 0 radical (unpaired) electrons. The monoisotopic (exact) mass is 160 g/mol. The largest absolute Gasteiger partial charge is 0.409 e. The van der Waals surface area contributed by atoms with Crippen molar-refractivity contribution < 1.29 is 9.94 Å². The highest BCUT2D eigenvalue weighted by atomic mass is 16.5. The average molecular weight is 160 g/mol. The van der Waals surface area contributed by atoms with Crippen molar-refractivity contribution in [1.29, 1.82) is 0 Å². The fourth-order valence-corrected chi connectivity index (χ4v) is 0.713. The van der Waals surface area contributed by atoms with Gasteiger partial charge >= 0.3 is 0 Å². The Balaban J connectivity index is 3.43. The van der Waals surface area contributed by atoms with E-state index >= 15 is 0 Å². The molecule has 0 saturated heterocycles. The Labute approximate surface area is 67.0 Å². The van der Waals surface area contributed by atoms with E-state index in [1.165, 1.54) is 0 Å². The molecule has 0 aliphatic rings. The molecule has 0 aliphatic heterocycles. The van der Waals surface area contributed by atoms with Gasteiger partial charge in [0.1, 0.15) is 5.84 Å². The van der Waals surface area contributed by atoms with E-state index in [-0.39, 0.29) is 11.9 Å². The van der Waals surface area contributed by atoms with Gasteiger partial charge in [-0.25, -0.2) is 0 Å². The molecule has 3 N–H and O–H groups in total. The number of oxime groups is 1.